The molecule has 20 heavy (non-hydrogen) atoms. The van der Waals surface area contributed by atoms with E-state index < -0.39 is 0 Å². The quantitative estimate of drug-likeness (QED) is 0.815. The summed E-state index contributed by atoms with van der Waals surface area (Å²) in [5.74, 6) is 1.41. The van der Waals surface area contributed by atoms with Crippen molar-refractivity contribution in [3.8, 4) is 0 Å². The number of nitrogens with zero attached hydrogens (tertiary/aromatic N) is 4. The number of aryl methyl sites for hydroxylation is 1. The first-order valence-electron chi connectivity index (χ1n) is 7.25. The first-order chi connectivity index (χ1) is 9.47. The van der Waals surface area contributed by atoms with Crippen LogP contribution < -0.4 is 0 Å². The van der Waals surface area contributed by atoms with Gasteiger partial charge in [0.2, 0.25) is 5.89 Å². The van der Waals surface area contributed by atoms with E-state index in [0.717, 1.165) is 32.6 Å². The van der Waals surface area contributed by atoms with E-state index >= 15 is 0 Å². The summed E-state index contributed by atoms with van der Waals surface area (Å²) in [5.41, 5.74) is -0.0920. The van der Waals surface area contributed by atoms with Crippen LogP contribution in [0.1, 0.15) is 38.0 Å². The lowest BCUT2D eigenvalue weighted by atomic mass is 10.0. The Balaban J connectivity index is 2.04. The lowest BCUT2D eigenvalue weighted by Crippen LogP contribution is -2.51. The molecule has 0 spiro atoms. The minimum atomic E-state index is -0.0920. The minimum absolute atomic E-state index is 0.0920. The monoisotopic (exact) mass is 282 g/mol. The van der Waals surface area contributed by atoms with Crippen molar-refractivity contribution in [1.29, 1.82) is 0 Å². The highest BCUT2D eigenvalue weighted by molar-refractivity contribution is 4.96. The Bertz CT molecular complexity index is 431. The van der Waals surface area contributed by atoms with Gasteiger partial charge in [-0.3, -0.25) is 9.80 Å². The lowest BCUT2D eigenvalue weighted by Gasteiger charge is -2.41. The third kappa shape index (κ3) is 3.37. The fourth-order valence-electron chi connectivity index (χ4n) is 2.58. The molecule has 2 rings (SSSR count). The third-order valence-electron chi connectivity index (χ3n) is 4.36. The maximum atomic E-state index is 5.65. The van der Waals surface area contributed by atoms with Crippen LogP contribution in [-0.4, -0.2) is 65.9 Å². The summed E-state index contributed by atoms with van der Waals surface area (Å²) < 4.78 is 11.0. The largest absolute Gasteiger partial charge is 0.377 e. The molecule has 0 N–H and O–H groups in total. The van der Waals surface area contributed by atoms with Crippen LogP contribution in [0.2, 0.25) is 0 Å². The molecule has 0 amide bonds. The van der Waals surface area contributed by atoms with Crippen molar-refractivity contribution in [3.05, 3.63) is 11.7 Å². The zero-order valence-electron chi connectivity index (χ0n) is 13.2. The summed E-state index contributed by atoms with van der Waals surface area (Å²) in [5, 5.41) is 3.90. The fraction of sp³-hybridized carbons (Fsp3) is 0.857. The minimum Gasteiger partial charge on any atom is -0.377 e. The second kappa shape index (κ2) is 6.20. The second-order valence-corrected chi connectivity index (χ2v) is 5.92. The molecule has 0 saturated carbocycles. The summed E-state index contributed by atoms with van der Waals surface area (Å²) in [6.07, 6.45) is 1.00. The molecule has 1 fully saturated rings. The highest BCUT2D eigenvalue weighted by atomic mass is 16.5. The summed E-state index contributed by atoms with van der Waals surface area (Å²) in [4.78, 5) is 9.08. The molecule has 1 saturated heterocycles. The van der Waals surface area contributed by atoms with Gasteiger partial charge in [0.1, 0.15) is 6.04 Å². The van der Waals surface area contributed by atoms with Gasteiger partial charge in [0.05, 0.1) is 5.60 Å². The molecule has 0 bridgehead atoms. The van der Waals surface area contributed by atoms with Crippen LogP contribution in [0.4, 0.5) is 0 Å². The van der Waals surface area contributed by atoms with Crippen molar-refractivity contribution in [1.82, 2.24) is 19.9 Å². The Kier molecular flexibility index (Phi) is 4.78. The number of likely N-dealkylation sites (N-methyl/N-ethyl adjacent to an activating group) is 1. The summed E-state index contributed by atoms with van der Waals surface area (Å²) in [7, 11) is 3.90. The van der Waals surface area contributed by atoms with E-state index in [1.165, 1.54) is 0 Å². The van der Waals surface area contributed by atoms with Gasteiger partial charge < -0.3 is 9.26 Å². The second-order valence-electron chi connectivity index (χ2n) is 5.92. The van der Waals surface area contributed by atoms with Gasteiger partial charge in [0.25, 0.3) is 0 Å². The zero-order chi connectivity index (χ0) is 14.8. The molecule has 6 nitrogen and oxygen atoms in total. The standard InChI is InChI=1S/C14H26N4O2/c1-6-14(3,19-5)10-18-8-7-17(4)12(9-18)13-15-11(2)16-20-13/h12H,6-10H2,1-5H3. The van der Waals surface area contributed by atoms with Gasteiger partial charge in [-0.1, -0.05) is 12.1 Å². The van der Waals surface area contributed by atoms with Crippen molar-refractivity contribution in [2.24, 2.45) is 0 Å². The Morgan fingerprint density at radius 1 is 1.45 bits per heavy atom. The zero-order valence-corrected chi connectivity index (χ0v) is 13.2. The Labute approximate surface area is 121 Å². The number of aromatic nitrogens is 2. The SMILES string of the molecule is CCC(C)(CN1CCN(C)C(c2nc(C)no2)C1)OC. The first kappa shape index (κ1) is 15.4. The molecule has 2 heterocycles. The van der Waals surface area contributed by atoms with E-state index in [-0.39, 0.29) is 11.6 Å². The number of ether oxygens (including phenoxy) is 1. The van der Waals surface area contributed by atoms with Gasteiger partial charge in [-0.2, -0.15) is 4.98 Å². The fourth-order valence-corrected chi connectivity index (χ4v) is 2.58. The average Bonchev–Trinajstić information content (AvgIpc) is 2.87. The molecule has 1 aliphatic heterocycles. The molecule has 6 heteroatoms. The third-order valence-corrected chi connectivity index (χ3v) is 4.36. The van der Waals surface area contributed by atoms with E-state index in [1.54, 1.807) is 7.11 Å². The van der Waals surface area contributed by atoms with E-state index in [1.807, 2.05) is 6.92 Å². The molecule has 0 aromatic carbocycles. The number of methoxy groups -OCH3 is 1. The Morgan fingerprint density at radius 3 is 2.75 bits per heavy atom. The lowest BCUT2D eigenvalue weighted by molar-refractivity contribution is -0.0420. The Morgan fingerprint density at radius 2 is 2.20 bits per heavy atom. The van der Waals surface area contributed by atoms with Crippen molar-refractivity contribution in [3.63, 3.8) is 0 Å². The van der Waals surface area contributed by atoms with Crippen LogP contribution >= 0.6 is 0 Å². The van der Waals surface area contributed by atoms with E-state index in [9.17, 15) is 0 Å². The predicted octanol–water partition coefficient (Wildman–Crippen LogP) is 1.48. The van der Waals surface area contributed by atoms with Gasteiger partial charge >= 0.3 is 0 Å². The van der Waals surface area contributed by atoms with E-state index in [0.29, 0.717) is 11.7 Å². The van der Waals surface area contributed by atoms with Gasteiger partial charge in [-0.05, 0) is 27.3 Å². The van der Waals surface area contributed by atoms with Gasteiger partial charge in [0.15, 0.2) is 5.82 Å². The summed E-state index contributed by atoms with van der Waals surface area (Å²) in [6.45, 7) is 10.0. The van der Waals surface area contributed by atoms with Crippen LogP contribution in [0.15, 0.2) is 4.52 Å². The molecule has 0 aliphatic carbocycles. The highest BCUT2D eigenvalue weighted by Gasteiger charge is 2.33. The van der Waals surface area contributed by atoms with Crippen molar-refractivity contribution in [2.75, 3.05) is 40.3 Å². The molecule has 1 aliphatic rings. The van der Waals surface area contributed by atoms with Gasteiger partial charge in [0, 0.05) is 33.3 Å². The van der Waals surface area contributed by atoms with Crippen LogP contribution in [0.3, 0.4) is 0 Å². The van der Waals surface area contributed by atoms with Gasteiger partial charge in [-0.15, -0.1) is 0 Å². The van der Waals surface area contributed by atoms with E-state index in [2.05, 4.69) is 40.8 Å². The first-order valence-corrected chi connectivity index (χ1v) is 7.25. The Hall–Kier alpha value is -0.980. The number of piperazine rings is 1. The summed E-state index contributed by atoms with van der Waals surface area (Å²) in [6, 6.07) is 0.169. The van der Waals surface area contributed by atoms with Crippen molar-refractivity contribution < 1.29 is 9.26 Å². The molecule has 1 aromatic heterocycles. The number of hydrogen-bond acceptors (Lipinski definition) is 6. The van der Waals surface area contributed by atoms with Crippen LogP contribution in [-0.2, 0) is 4.74 Å². The van der Waals surface area contributed by atoms with Crippen LogP contribution in [0.25, 0.3) is 0 Å². The summed E-state index contributed by atoms with van der Waals surface area (Å²) >= 11 is 0. The molecule has 1 aromatic rings. The van der Waals surface area contributed by atoms with Crippen LogP contribution in [0, 0.1) is 6.92 Å². The molecule has 2 atom stereocenters. The molecule has 0 radical (unpaired) electrons. The molecule has 2 unspecified atom stereocenters. The predicted molar refractivity (Wildman–Crippen MR) is 76.6 cm³/mol. The number of rotatable bonds is 5. The van der Waals surface area contributed by atoms with Crippen LogP contribution in [0.5, 0.6) is 0 Å². The maximum Gasteiger partial charge on any atom is 0.245 e. The van der Waals surface area contributed by atoms with Crippen molar-refractivity contribution in [2.45, 2.75) is 38.8 Å². The normalized spacial score (nSPS) is 24.8. The number of hydrogen-bond donors (Lipinski definition) is 0. The average molecular weight is 282 g/mol. The topological polar surface area (TPSA) is 54.6 Å². The molecule has 114 valence electrons. The van der Waals surface area contributed by atoms with E-state index in [4.69, 9.17) is 9.26 Å². The van der Waals surface area contributed by atoms with Crippen molar-refractivity contribution >= 4 is 0 Å². The molecular weight excluding hydrogens is 256 g/mol. The van der Waals surface area contributed by atoms with Gasteiger partial charge in [-0.25, -0.2) is 0 Å². The maximum absolute atomic E-state index is 5.65. The highest BCUT2D eigenvalue weighted by Crippen LogP contribution is 2.25. The smallest absolute Gasteiger partial charge is 0.245 e. The molecular formula is C14H26N4O2.